The third kappa shape index (κ3) is 3.68. The first kappa shape index (κ1) is 23.9. The fourth-order valence-electron chi connectivity index (χ4n) is 6.50. The molecule has 0 amide bonds. The van der Waals surface area contributed by atoms with Crippen LogP contribution in [0, 0.1) is 0 Å². The van der Waals surface area contributed by atoms with Crippen LogP contribution in [0.25, 0.3) is 65.8 Å². The molecular weight excluding hydrogens is 526 g/mol. The normalized spacial score (nSPS) is 11.7. The van der Waals surface area contributed by atoms with E-state index < -0.39 is 0 Å². The molecule has 9 rings (SSSR count). The van der Waals surface area contributed by atoms with Gasteiger partial charge >= 0.3 is 0 Å². The first-order valence-corrected chi connectivity index (χ1v) is 14.5. The number of benzene rings is 7. The van der Waals surface area contributed by atoms with Gasteiger partial charge in [0.05, 0.1) is 5.69 Å². The van der Waals surface area contributed by atoms with Crippen LogP contribution < -0.4 is 4.90 Å². The molecule has 3 nitrogen and oxygen atoms in total. The van der Waals surface area contributed by atoms with Crippen LogP contribution in [0.3, 0.4) is 0 Å². The van der Waals surface area contributed by atoms with E-state index in [0.29, 0.717) is 0 Å². The summed E-state index contributed by atoms with van der Waals surface area (Å²) in [7, 11) is 0. The highest BCUT2D eigenvalue weighted by molar-refractivity contribution is 6.19. The Balaban J connectivity index is 1.21. The Morgan fingerprint density at radius 2 is 1.07 bits per heavy atom. The summed E-state index contributed by atoms with van der Waals surface area (Å²) < 4.78 is 12.9. The number of rotatable bonds is 4. The molecule has 0 aliphatic rings. The molecule has 0 saturated heterocycles. The van der Waals surface area contributed by atoms with Crippen molar-refractivity contribution in [3.63, 3.8) is 0 Å². The molecule has 0 atom stereocenters. The van der Waals surface area contributed by atoms with Crippen LogP contribution in [-0.4, -0.2) is 0 Å². The Kier molecular flexibility index (Phi) is 5.20. The van der Waals surface area contributed by atoms with Crippen molar-refractivity contribution in [1.29, 1.82) is 0 Å². The van der Waals surface area contributed by atoms with Gasteiger partial charge in [-0.3, -0.25) is 0 Å². The SMILES string of the molecule is c1ccc(N(c2ccc(-c3cccc4oc5c6ccccc6ccc5c34)cc2)c2cccc3c2oc2ccccc23)cc1. The van der Waals surface area contributed by atoms with Crippen molar-refractivity contribution in [2.45, 2.75) is 0 Å². The van der Waals surface area contributed by atoms with Gasteiger partial charge in [0.1, 0.15) is 16.7 Å². The summed E-state index contributed by atoms with van der Waals surface area (Å²) in [6, 6.07) is 53.0. The van der Waals surface area contributed by atoms with Crippen molar-refractivity contribution in [2.24, 2.45) is 0 Å². The van der Waals surface area contributed by atoms with Crippen LogP contribution in [0.15, 0.2) is 160 Å². The van der Waals surface area contributed by atoms with E-state index in [4.69, 9.17) is 8.83 Å². The fraction of sp³-hybridized carbons (Fsp3) is 0. The number of anilines is 3. The quantitative estimate of drug-likeness (QED) is 0.218. The number of hydrogen-bond acceptors (Lipinski definition) is 3. The lowest BCUT2D eigenvalue weighted by atomic mass is 9.98. The average Bonchev–Trinajstić information content (AvgIpc) is 3.65. The molecule has 2 heterocycles. The smallest absolute Gasteiger partial charge is 0.159 e. The zero-order valence-corrected chi connectivity index (χ0v) is 23.2. The molecule has 0 bridgehead atoms. The van der Waals surface area contributed by atoms with E-state index in [1.165, 1.54) is 5.39 Å². The highest BCUT2D eigenvalue weighted by atomic mass is 16.3. The topological polar surface area (TPSA) is 29.5 Å². The van der Waals surface area contributed by atoms with Gasteiger partial charge in [-0.25, -0.2) is 0 Å². The maximum Gasteiger partial charge on any atom is 0.159 e. The summed E-state index contributed by atoms with van der Waals surface area (Å²) in [5, 5.41) is 6.82. The van der Waals surface area contributed by atoms with Gasteiger partial charge in [0.25, 0.3) is 0 Å². The molecule has 202 valence electrons. The molecule has 0 radical (unpaired) electrons. The second-order valence-corrected chi connectivity index (χ2v) is 10.9. The molecule has 0 N–H and O–H groups in total. The Bertz CT molecular complexity index is 2450. The summed E-state index contributed by atoms with van der Waals surface area (Å²) in [5.74, 6) is 0. The Labute approximate surface area is 247 Å². The molecule has 0 spiro atoms. The lowest BCUT2D eigenvalue weighted by Gasteiger charge is -2.25. The van der Waals surface area contributed by atoms with Crippen molar-refractivity contribution in [2.75, 3.05) is 4.90 Å². The highest BCUT2D eigenvalue weighted by Gasteiger charge is 2.20. The largest absolute Gasteiger partial charge is 0.455 e. The highest BCUT2D eigenvalue weighted by Crippen LogP contribution is 2.43. The zero-order valence-electron chi connectivity index (χ0n) is 23.2. The van der Waals surface area contributed by atoms with Gasteiger partial charge in [-0.1, -0.05) is 103 Å². The van der Waals surface area contributed by atoms with Gasteiger partial charge in [0.2, 0.25) is 0 Å². The first-order chi connectivity index (χ1) is 21.3. The van der Waals surface area contributed by atoms with Gasteiger partial charge in [0.15, 0.2) is 5.58 Å². The minimum atomic E-state index is 0.874. The molecule has 3 heteroatoms. The Hall–Kier alpha value is -5.80. The minimum absolute atomic E-state index is 0.874. The maximum absolute atomic E-state index is 6.46. The molecule has 0 aliphatic heterocycles. The monoisotopic (exact) mass is 551 g/mol. The minimum Gasteiger partial charge on any atom is -0.455 e. The van der Waals surface area contributed by atoms with E-state index in [-0.39, 0.29) is 0 Å². The number of nitrogens with zero attached hydrogens (tertiary/aromatic N) is 1. The lowest BCUT2D eigenvalue weighted by Crippen LogP contribution is -2.10. The van der Waals surface area contributed by atoms with E-state index in [2.05, 4.69) is 138 Å². The second kappa shape index (κ2) is 9.37. The second-order valence-electron chi connectivity index (χ2n) is 10.9. The van der Waals surface area contributed by atoms with Gasteiger partial charge in [0, 0.05) is 38.3 Å². The van der Waals surface area contributed by atoms with Crippen molar-refractivity contribution in [3.8, 4) is 11.1 Å². The van der Waals surface area contributed by atoms with Crippen molar-refractivity contribution < 1.29 is 8.83 Å². The van der Waals surface area contributed by atoms with E-state index >= 15 is 0 Å². The molecule has 0 saturated carbocycles. The molecule has 43 heavy (non-hydrogen) atoms. The summed E-state index contributed by atoms with van der Waals surface area (Å²) in [4.78, 5) is 2.27. The van der Waals surface area contributed by atoms with Crippen molar-refractivity contribution in [1.82, 2.24) is 0 Å². The Morgan fingerprint density at radius 3 is 1.95 bits per heavy atom. The predicted octanol–water partition coefficient (Wildman–Crippen LogP) is 11.8. The van der Waals surface area contributed by atoms with Crippen LogP contribution >= 0.6 is 0 Å². The number of para-hydroxylation sites is 3. The fourth-order valence-corrected chi connectivity index (χ4v) is 6.50. The summed E-state index contributed by atoms with van der Waals surface area (Å²) in [5.41, 5.74) is 9.02. The van der Waals surface area contributed by atoms with Crippen molar-refractivity contribution >= 4 is 71.7 Å². The van der Waals surface area contributed by atoms with E-state index in [1.807, 2.05) is 18.2 Å². The van der Waals surface area contributed by atoms with Gasteiger partial charge < -0.3 is 13.7 Å². The average molecular weight is 552 g/mol. The molecule has 2 aromatic heterocycles. The van der Waals surface area contributed by atoms with E-state index in [0.717, 1.165) is 77.5 Å². The third-order valence-corrected chi connectivity index (χ3v) is 8.46. The number of fused-ring (bicyclic) bond motifs is 8. The van der Waals surface area contributed by atoms with Crippen molar-refractivity contribution in [3.05, 3.63) is 152 Å². The molecule has 0 unspecified atom stereocenters. The van der Waals surface area contributed by atoms with E-state index in [1.54, 1.807) is 0 Å². The lowest BCUT2D eigenvalue weighted by molar-refractivity contribution is 0.669. The van der Waals surface area contributed by atoms with Gasteiger partial charge in [-0.2, -0.15) is 0 Å². The third-order valence-electron chi connectivity index (χ3n) is 8.46. The molecule has 0 aliphatic carbocycles. The maximum atomic E-state index is 6.46. The molecule has 9 aromatic rings. The number of furan rings is 2. The predicted molar refractivity (Wildman–Crippen MR) is 179 cm³/mol. The summed E-state index contributed by atoms with van der Waals surface area (Å²) in [6.45, 7) is 0. The molecule has 7 aromatic carbocycles. The standard InChI is InChI=1S/C40H25NO2/c1-2-11-28(12-3-1)41(35-17-8-16-33-32-14-6-7-18-36(32)42-40(33)35)29-23-20-27(21-24-29)30-15-9-19-37-38(30)34-25-22-26-10-4-5-13-31(26)39(34)43-37/h1-25H. The van der Waals surface area contributed by atoms with Crippen LogP contribution in [-0.2, 0) is 0 Å². The zero-order chi connectivity index (χ0) is 28.3. The number of hydrogen-bond donors (Lipinski definition) is 0. The summed E-state index contributed by atoms with van der Waals surface area (Å²) in [6.07, 6.45) is 0. The summed E-state index contributed by atoms with van der Waals surface area (Å²) >= 11 is 0. The van der Waals surface area contributed by atoms with Crippen LogP contribution in [0.2, 0.25) is 0 Å². The van der Waals surface area contributed by atoms with E-state index in [9.17, 15) is 0 Å². The first-order valence-electron chi connectivity index (χ1n) is 14.5. The molecule has 0 fully saturated rings. The molecular formula is C40H25NO2. The van der Waals surface area contributed by atoms with Gasteiger partial charge in [-0.15, -0.1) is 0 Å². The van der Waals surface area contributed by atoms with Gasteiger partial charge in [-0.05, 0) is 65.0 Å². The van der Waals surface area contributed by atoms with Crippen LogP contribution in [0.1, 0.15) is 0 Å². The Morgan fingerprint density at radius 1 is 0.395 bits per heavy atom. The van der Waals surface area contributed by atoms with Crippen LogP contribution in [0.4, 0.5) is 17.1 Å². The van der Waals surface area contributed by atoms with Crippen LogP contribution in [0.5, 0.6) is 0 Å².